The Bertz CT molecular complexity index is 676. The number of rotatable bonds is 4. The third-order valence-corrected chi connectivity index (χ3v) is 4.51. The molecule has 1 aromatic heterocycles. The topological polar surface area (TPSA) is 12.0 Å². The van der Waals surface area contributed by atoms with Crippen molar-refractivity contribution >= 4 is 43.7 Å². The van der Waals surface area contributed by atoms with E-state index in [2.05, 4.69) is 75.2 Å². The van der Waals surface area contributed by atoms with E-state index < -0.39 is 0 Å². The number of hydrogen-bond donors (Lipinski definition) is 1. The largest absolute Gasteiger partial charge is 0.385 e. The molecule has 1 N–H and O–H groups in total. The van der Waals surface area contributed by atoms with Gasteiger partial charge in [0.15, 0.2) is 0 Å². The number of benzene rings is 2. The maximum atomic E-state index is 3.50. The molecule has 0 saturated carbocycles. The summed E-state index contributed by atoms with van der Waals surface area (Å²) in [6.45, 7) is 0.975. The number of nitrogens with one attached hydrogen (secondary N) is 1. The van der Waals surface area contributed by atoms with Crippen LogP contribution in [0.25, 0.3) is 10.8 Å². The summed E-state index contributed by atoms with van der Waals surface area (Å²) in [5, 5.41) is 8.14. The van der Waals surface area contributed by atoms with Crippen molar-refractivity contribution < 1.29 is 0 Å². The molecule has 0 aliphatic carbocycles. The molecule has 0 aliphatic heterocycles. The van der Waals surface area contributed by atoms with Crippen LogP contribution in [-0.2, 0) is 6.42 Å². The van der Waals surface area contributed by atoms with Gasteiger partial charge < -0.3 is 5.32 Å². The van der Waals surface area contributed by atoms with Crippen molar-refractivity contribution in [1.82, 2.24) is 0 Å². The molecule has 3 rings (SSSR count). The van der Waals surface area contributed by atoms with E-state index in [9.17, 15) is 0 Å². The Balaban J connectivity index is 1.69. The zero-order chi connectivity index (χ0) is 13.1. The third kappa shape index (κ3) is 3.17. The van der Waals surface area contributed by atoms with Crippen LogP contribution in [0, 0.1) is 0 Å². The summed E-state index contributed by atoms with van der Waals surface area (Å²) in [5.74, 6) is 0. The molecular weight excluding hydrogens is 318 g/mol. The second-order valence-corrected chi connectivity index (χ2v) is 6.41. The summed E-state index contributed by atoms with van der Waals surface area (Å²) in [4.78, 5) is 1.43. The van der Waals surface area contributed by atoms with Gasteiger partial charge in [0.2, 0.25) is 0 Å². The summed E-state index contributed by atoms with van der Waals surface area (Å²) < 4.78 is 1.12. The van der Waals surface area contributed by atoms with E-state index >= 15 is 0 Å². The molecule has 0 unspecified atom stereocenters. The Morgan fingerprint density at radius 3 is 2.68 bits per heavy atom. The molecule has 3 heteroatoms. The lowest BCUT2D eigenvalue weighted by molar-refractivity contribution is 1.05. The van der Waals surface area contributed by atoms with E-state index in [0.717, 1.165) is 17.4 Å². The summed E-state index contributed by atoms with van der Waals surface area (Å²) in [6, 6.07) is 17.2. The molecule has 0 fully saturated rings. The van der Waals surface area contributed by atoms with Crippen LogP contribution in [0.15, 0.2) is 58.4 Å². The van der Waals surface area contributed by atoms with Crippen LogP contribution in [0.4, 0.5) is 5.69 Å². The van der Waals surface area contributed by atoms with Gasteiger partial charge in [-0.05, 0) is 52.9 Å². The molecule has 19 heavy (non-hydrogen) atoms. The van der Waals surface area contributed by atoms with Gasteiger partial charge >= 0.3 is 0 Å². The van der Waals surface area contributed by atoms with Gasteiger partial charge in [-0.15, -0.1) is 11.3 Å². The first-order valence-electron chi connectivity index (χ1n) is 6.27. The zero-order valence-corrected chi connectivity index (χ0v) is 12.8. The summed E-state index contributed by atoms with van der Waals surface area (Å²) >= 11 is 5.32. The molecule has 0 spiro atoms. The van der Waals surface area contributed by atoms with Crippen LogP contribution in [0.5, 0.6) is 0 Å². The van der Waals surface area contributed by atoms with Crippen LogP contribution in [-0.4, -0.2) is 6.54 Å². The van der Waals surface area contributed by atoms with Crippen LogP contribution < -0.4 is 5.32 Å². The van der Waals surface area contributed by atoms with Crippen molar-refractivity contribution in [3.05, 3.63) is 63.3 Å². The molecule has 0 atom stereocenters. The minimum Gasteiger partial charge on any atom is -0.385 e. The molecular formula is C16H14BrNS. The molecule has 2 aromatic carbocycles. The smallest absolute Gasteiger partial charge is 0.0346 e. The molecule has 0 bridgehead atoms. The molecule has 0 aliphatic rings. The Kier molecular flexibility index (Phi) is 3.85. The van der Waals surface area contributed by atoms with Crippen molar-refractivity contribution in [3.63, 3.8) is 0 Å². The van der Waals surface area contributed by atoms with Crippen LogP contribution in [0.3, 0.4) is 0 Å². The molecule has 1 heterocycles. The van der Waals surface area contributed by atoms with E-state index in [1.807, 2.05) is 11.3 Å². The first-order chi connectivity index (χ1) is 9.31. The van der Waals surface area contributed by atoms with Crippen molar-refractivity contribution in [2.45, 2.75) is 6.42 Å². The van der Waals surface area contributed by atoms with Gasteiger partial charge in [-0.1, -0.05) is 34.1 Å². The first kappa shape index (κ1) is 12.7. The van der Waals surface area contributed by atoms with Gasteiger partial charge in [-0.3, -0.25) is 0 Å². The second kappa shape index (κ2) is 5.76. The lowest BCUT2D eigenvalue weighted by Crippen LogP contribution is -2.03. The molecule has 1 nitrogen and oxygen atoms in total. The zero-order valence-electron chi connectivity index (χ0n) is 10.4. The molecule has 96 valence electrons. The fourth-order valence-electron chi connectivity index (χ4n) is 2.11. The van der Waals surface area contributed by atoms with Gasteiger partial charge in [0.05, 0.1) is 0 Å². The average molecular weight is 332 g/mol. The second-order valence-electron chi connectivity index (χ2n) is 4.46. The van der Waals surface area contributed by atoms with Crippen molar-refractivity contribution in [2.75, 3.05) is 11.9 Å². The Morgan fingerprint density at radius 1 is 1.00 bits per heavy atom. The SMILES string of the molecule is Brc1ccc2cc(NCCc3cccs3)ccc2c1. The third-order valence-electron chi connectivity index (χ3n) is 3.08. The minimum absolute atomic E-state index is 0.975. The fraction of sp³-hybridized carbons (Fsp3) is 0.125. The number of anilines is 1. The minimum atomic E-state index is 0.975. The predicted molar refractivity (Wildman–Crippen MR) is 88.2 cm³/mol. The van der Waals surface area contributed by atoms with E-state index in [0.29, 0.717) is 0 Å². The Labute approximate surface area is 125 Å². The van der Waals surface area contributed by atoms with Crippen molar-refractivity contribution in [2.24, 2.45) is 0 Å². The summed E-state index contributed by atoms with van der Waals surface area (Å²) in [7, 11) is 0. The standard InChI is InChI=1S/C16H14BrNS/c17-14-5-3-13-11-15(6-4-12(13)10-14)18-8-7-16-2-1-9-19-16/h1-6,9-11,18H,7-8H2. The first-order valence-corrected chi connectivity index (χ1v) is 7.94. The van der Waals surface area contributed by atoms with Gasteiger partial charge in [0.25, 0.3) is 0 Å². The maximum absolute atomic E-state index is 3.50. The average Bonchev–Trinajstić information content (AvgIpc) is 2.92. The van der Waals surface area contributed by atoms with E-state index in [4.69, 9.17) is 0 Å². The Morgan fingerprint density at radius 2 is 1.84 bits per heavy atom. The summed E-state index contributed by atoms with van der Waals surface area (Å²) in [6.07, 6.45) is 1.08. The van der Waals surface area contributed by atoms with Gasteiger partial charge in [-0.25, -0.2) is 0 Å². The molecule has 0 saturated heterocycles. The molecule has 0 amide bonds. The van der Waals surface area contributed by atoms with Crippen molar-refractivity contribution in [3.8, 4) is 0 Å². The van der Waals surface area contributed by atoms with E-state index in [1.54, 1.807) is 0 Å². The van der Waals surface area contributed by atoms with Crippen LogP contribution in [0.1, 0.15) is 4.88 Å². The summed E-state index contributed by atoms with van der Waals surface area (Å²) in [5.41, 5.74) is 1.19. The maximum Gasteiger partial charge on any atom is 0.0346 e. The van der Waals surface area contributed by atoms with Gasteiger partial charge in [-0.2, -0.15) is 0 Å². The monoisotopic (exact) mass is 331 g/mol. The lowest BCUT2D eigenvalue weighted by Gasteiger charge is -2.07. The van der Waals surface area contributed by atoms with E-state index in [1.165, 1.54) is 21.3 Å². The molecule has 0 radical (unpaired) electrons. The number of hydrogen-bond acceptors (Lipinski definition) is 2. The van der Waals surface area contributed by atoms with Crippen LogP contribution >= 0.6 is 27.3 Å². The quantitative estimate of drug-likeness (QED) is 0.682. The highest BCUT2D eigenvalue weighted by atomic mass is 79.9. The number of fused-ring (bicyclic) bond motifs is 1. The predicted octanol–water partition coefficient (Wildman–Crippen LogP) is 5.32. The normalized spacial score (nSPS) is 10.8. The van der Waals surface area contributed by atoms with Gasteiger partial charge in [0, 0.05) is 21.6 Å². The highest BCUT2D eigenvalue weighted by molar-refractivity contribution is 9.10. The lowest BCUT2D eigenvalue weighted by atomic mass is 10.1. The van der Waals surface area contributed by atoms with E-state index in [-0.39, 0.29) is 0 Å². The highest BCUT2D eigenvalue weighted by Gasteiger charge is 1.98. The highest BCUT2D eigenvalue weighted by Crippen LogP contribution is 2.23. The van der Waals surface area contributed by atoms with Crippen LogP contribution in [0.2, 0.25) is 0 Å². The number of thiophene rings is 1. The molecule has 3 aromatic rings. The number of halogens is 1. The Hall–Kier alpha value is -1.32. The van der Waals surface area contributed by atoms with Gasteiger partial charge in [0.1, 0.15) is 0 Å². The van der Waals surface area contributed by atoms with Crippen molar-refractivity contribution in [1.29, 1.82) is 0 Å². The fourth-order valence-corrected chi connectivity index (χ4v) is 3.20.